The van der Waals surface area contributed by atoms with E-state index in [0.717, 1.165) is 61.3 Å². The van der Waals surface area contributed by atoms with Gasteiger partial charge in [0.1, 0.15) is 0 Å². The van der Waals surface area contributed by atoms with Crippen LogP contribution in [-0.4, -0.2) is 44.0 Å². The Hall–Kier alpha value is -3.85. The molecule has 1 fully saturated rings. The minimum atomic E-state index is -0.214. The third-order valence-electron chi connectivity index (χ3n) is 6.92. The second-order valence-electron chi connectivity index (χ2n) is 9.77. The van der Waals surface area contributed by atoms with Crippen molar-refractivity contribution in [2.24, 2.45) is 0 Å². The molecule has 2 amide bonds. The molecule has 2 heterocycles. The van der Waals surface area contributed by atoms with Gasteiger partial charge in [0.2, 0.25) is 5.91 Å². The topological polar surface area (TPSA) is 114 Å². The molecule has 1 aliphatic rings. The molecule has 0 bridgehead atoms. The molecule has 0 saturated carbocycles. The maximum atomic E-state index is 12.9. The van der Waals surface area contributed by atoms with Crippen LogP contribution >= 0.6 is 11.3 Å². The van der Waals surface area contributed by atoms with Crippen molar-refractivity contribution < 1.29 is 19.1 Å². The Morgan fingerprint density at radius 1 is 1.03 bits per heavy atom. The minimum Gasteiger partial charge on any atom is -0.469 e. The summed E-state index contributed by atoms with van der Waals surface area (Å²) in [5, 5.41) is 8.10. The van der Waals surface area contributed by atoms with Crippen LogP contribution in [0.5, 0.6) is 0 Å². The lowest BCUT2D eigenvalue weighted by molar-refractivity contribution is -0.140. The van der Waals surface area contributed by atoms with E-state index in [1.165, 1.54) is 7.11 Å². The molecule has 2 aromatic carbocycles. The predicted octanol–water partition coefficient (Wildman–Crippen LogP) is 5.46. The number of carbonyl (C=O) groups is 3. The fourth-order valence-corrected chi connectivity index (χ4v) is 5.43. The molecule has 1 saturated heterocycles. The van der Waals surface area contributed by atoms with E-state index >= 15 is 0 Å². The van der Waals surface area contributed by atoms with Crippen LogP contribution in [0.3, 0.4) is 0 Å². The van der Waals surface area contributed by atoms with Crippen LogP contribution in [0.25, 0.3) is 10.4 Å². The highest BCUT2D eigenvalue weighted by atomic mass is 32.1. The summed E-state index contributed by atoms with van der Waals surface area (Å²) in [6.07, 6.45) is 5.27. The van der Waals surface area contributed by atoms with Crippen molar-refractivity contribution >= 4 is 46.2 Å². The smallest absolute Gasteiger partial charge is 0.305 e. The van der Waals surface area contributed by atoms with Gasteiger partial charge in [-0.3, -0.25) is 14.4 Å². The maximum Gasteiger partial charge on any atom is 0.305 e. The normalized spacial score (nSPS) is 14.7. The number of thiophene rings is 1. The number of rotatable bonds is 12. The molecular formula is C30H36N4O4S. The molecule has 206 valence electrons. The van der Waals surface area contributed by atoms with E-state index in [9.17, 15) is 14.4 Å². The lowest BCUT2D eigenvalue weighted by Gasteiger charge is -2.19. The Bertz CT molecular complexity index is 1260. The van der Waals surface area contributed by atoms with Crippen LogP contribution < -0.4 is 21.3 Å². The standard InChI is InChI=1S/C30H36N4O4S/c1-38-29(36)9-5-3-2-4-8-28(35)32-23-16-17-34(20-23)24-13-10-21(11-14-24)30(37)33-26-19-22(12-15-25(26)31)27-7-6-18-39-27/h6-7,10-15,18-19,23H,2-5,8-9,16-17,20,31H2,1H3,(H,32,35)(H,33,37). The van der Waals surface area contributed by atoms with E-state index in [1.807, 2.05) is 60.0 Å². The van der Waals surface area contributed by atoms with Gasteiger partial charge in [-0.2, -0.15) is 0 Å². The number of nitrogens with zero attached hydrogens (tertiary/aromatic N) is 1. The zero-order valence-corrected chi connectivity index (χ0v) is 23.1. The number of unbranched alkanes of at least 4 members (excludes halogenated alkanes) is 3. The molecule has 1 aliphatic heterocycles. The first-order valence-corrected chi connectivity index (χ1v) is 14.3. The van der Waals surface area contributed by atoms with Gasteiger partial charge in [-0.05, 0) is 72.7 Å². The number of hydrogen-bond donors (Lipinski definition) is 3. The Morgan fingerprint density at radius 3 is 2.51 bits per heavy atom. The third-order valence-corrected chi connectivity index (χ3v) is 7.84. The molecule has 1 aromatic heterocycles. The van der Waals surface area contributed by atoms with Crippen LogP contribution in [0.1, 0.15) is 55.3 Å². The molecule has 39 heavy (non-hydrogen) atoms. The Balaban J connectivity index is 1.22. The van der Waals surface area contributed by atoms with Gasteiger partial charge in [0.15, 0.2) is 0 Å². The number of carbonyl (C=O) groups excluding carboxylic acids is 3. The van der Waals surface area contributed by atoms with Crippen LogP contribution in [-0.2, 0) is 14.3 Å². The fraction of sp³-hybridized carbons (Fsp3) is 0.367. The molecule has 9 heteroatoms. The lowest BCUT2D eigenvalue weighted by Crippen LogP contribution is -2.36. The zero-order valence-electron chi connectivity index (χ0n) is 22.3. The van der Waals surface area contributed by atoms with Crippen LogP contribution in [0.2, 0.25) is 0 Å². The highest BCUT2D eigenvalue weighted by molar-refractivity contribution is 7.13. The number of nitrogens with two attached hydrogens (primary N) is 1. The van der Waals surface area contributed by atoms with E-state index < -0.39 is 0 Å². The molecule has 3 aromatic rings. The third kappa shape index (κ3) is 8.07. The number of amides is 2. The van der Waals surface area contributed by atoms with E-state index in [0.29, 0.717) is 29.8 Å². The van der Waals surface area contributed by atoms with E-state index in [-0.39, 0.29) is 23.8 Å². The van der Waals surface area contributed by atoms with Gasteiger partial charge in [-0.1, -0.05) is 25.0 Å². The van der Waals surface area contributed by atoms with Crippen molar-refractivity contribution in [3.63, 3.8) is 0 Å². The summed E-state index contributed by atoms with van der Waals surface area (Å²) in [4.78, 5) is 39.7. The van der Waals surface area contributed by atoms with Gasteiger partial charge in [0.25, 0.3) is 5.91 Å². The average molecular weight is 549 g/mol. The number of benzene rings is 2. The number of nitrogens with one attached hydrogen (secondary N) is 2. The van der Waals surface area contributed by atoms with Gasteiger partial charge in [0, 0.05) is 48.1 Å². The number of anilines is 3. The number of esters is 1. The number of methoxy groups -OCH3 is 1. The summed E-state index contributed by atoms with van der Waals surface area (Å²) in [5.41, 5.74) is 9.81. The van der Waals surface area contributed by atoms with Gasteiger partial charge in [0.05, 0.1) is 18.5 Å². The first-order chi connectivity index (χ1) is 18.9. The molecule has 4 rings (SSSR count). The van der Waals surface area contributed by atoms with Gasteiger partial charge in [-0.15, -0.1) is 11.3 Å². The summed E-state index contributed by atoms with van der Waals surface area (Å²) in [7, 11) is 1.40. The minimum absolute atomic E-state index is 0.0734. The Morgan fingerprint density at radius 2 is 1.79 bits per heavy atom. The first kappa shape index (κ1) is 28.2. The van der Waals surface area contributed by atoms with Crippen LogP contribution in [0.4, 0.5) is 17.1 Å². The number of nitrogen functional groups attached to an aromatic ring is 1. The molecule has 8 nitrogen and oxygen atoms in total. The van der Waals surface area contributed by atoms with Crippen molar-refractivity contribution in [3.05, 3.63) is 65.5 Å². The molecule has 0 spiro atoms. The summed E-state index contributed by atoms with van der Waals surface area (Å²) in [6, 6.07) is 17.3. The lowest BCUT2D eigenvalue weighted by atomic mass is 10.1. The maximum absolute atomic E-state index is 12.9. The van der Waals surface area contributed by atoms with E-state index in [2.05, 4.69) is 20.3 Å². The molecule has 4 N–H and O–H groups in total. The zero-order chi connectivity index (χ0) is 27.6. The van der Waals surface area contributed by atoms with Crippen LogP contribution in [0.15, 0.2) is 60.0 Å². The van der Waals surface area contributed by atoms with E-state index in [4.69, 9.17) is 5.73 Å². The molecule has 1 atom stereocenters. The average Bonchev–Trinajstić information content (AvgIpc) is 3.65. The molecule has 0 aliphatic carbocycles. The first-order valence-electron chi connectivity index (χ1n) is 13.4. The van der Waals surface area contributed by atoms with Crippen molar-refractivity contribution in [1.82, 2.24) is 5.32 Å². The Kier molecular flexibility index (Phi) is 9.97. The van der Waals surface area contributed by atoms with Gasteiger partial charge in [-0.25, -0.2) is 0 Å². The van der Waals surface area contributed by atoms with Gasteiger partial charge < -0.3 is 26.0 Å². The number of ether oxygens (including phenoxy) is 1. The highest BCUT2D eigenvalue weighted by Crippen LogP contribution is 2.30. The molecular weight excluding hydrogens is 512 g/mol. The van der Waals surface area contributed by atoms with Gasteiger partial charge >= 0.3 is 5.97 Å². The molecule has 1 unspecified atom stereocenters. The molecule has 0 radical (unpaired) electrons. The highest BCUT2D eigenvalue weighted by Gasteiger charge is 2.24. The van der Waals surface area contributed by atoms with Crippen molar-refractivity contribution in [1.29, 1.82) is 0 Å². The summed E-state index contributed by atoms with van der Waals surface area (Å²) in [6.45, 7) is 1.58. The number of hydrogen-bond acceptors (Lipinski definition) is 7. The summed E-state index contributed by atoms with van der Waals surface area (Å²) >= 11 is 1.64. The summed E-state index contributed by atoms with van der Waals surface area (Å²) < 4.78 is 4.64. The largest absolute Gasteiger partial charge is 0.469 e. The Labute approximate surface area is 233 Å². The SMILES string of the molecule is COC(=O)CCCCCCC(=O)NC1CCN(c2ccc(C(=O)Nc3cc(-c4cccs4)ccc3N)cc2)C1. The predicted molar refractivity (Wildman–Crippen MR) is 157 cm³/mol. The van der Waals surface area contributed by atoms with E-state index in [1.54, 1.807) is 11.3 Å². The second-order valence-corrected chi connectivity index (χ2v) is 10.7. The van der Waals surface area contributed by atoms with Crippen molar-refractivity contribution in [3.8, 4) is 10.4 Å². The fourth-order valence-electron chi connectivity index (χ4n) is 4.70. The second kappa shape index (κ2) is 13.8. The van der Waals surface area contributed by atoms with Crippen molar-refractivity contribution in [2.45, 2.75) is 51.0 Å². The van der Waals surface area contributed by atoms with Crippen molar-refractivity contribution in [2.75, 3.05) is 36.1 Å². The van der Waals surface area contributed by atoms with Crippen LogP contribution in [0, 0.1) is 0 Å². The quantitative estimate of drug-likeness (QED) is 0.157. The monoisotopic (exact) mass is 548 g/mol. The summed E-state index contributed by atoms with van der Waals surface area (Å²) in [5.74, 6) is -0.324.